The van der Waals surface area contributed by atoms with E-state index in [4.69, 9.17) is 22.4 Å². The SMILES string of the molecule is NC(=O)CNC(=O)c1ccc(O)c(Cl)c1. The Bertz CT molecular complexity index is 406. The van der Waals surface area contributed by atoms with Gasteiger partial charge in [0.25, 0.3) is 5.91 Å². The Morgan fingerprint density at radius 3 is 2.67 bits per heavy atom. The van der Waals surface area contributed by atoms with Crippen molar-refractivity contribution in [3.63, 3.8) is 0 Å². The molecule has 1 aromatic carbocycles. The van der Waals surface area contributed by atoms with Gasteiger partial charge in [-0.15, -0.1) is 0 Å². The Hall–Kier alpha value is -1.75. The predicted molar refractivity (Wildman–Crippen MR) is 54.6 cm³/mol. The predicted octanol–water partition coefficient (Wildman–Crippen LogP) is 0.261. The van der Waals surface area contributed by atoms with Gasteiger partial charge in [0.05, 0.1) is 11.6 Å². The van der Waals surface area contributed by atoms with E-state index in [9.17, 15) is 9.59 Å². The Balaban J connectivity index is 2.74. The highest BCUT2D eigenvalue weighted by atomic mass is 35.5. The van der Waals surface area contributed by atoms with Crippen molar-refractivity contribution in [3.8, 4) is 5.75 Å². The minimum atomic E-state index is -0.631. The van der Waals surface area contributed by atoms with Crippen LogP contribution in [0.3, 0.4) is 0 Å². The highest BCUT2D eigenvalue weighted by Crippen LogP contribution is 2.23. The number of hydrogen-bond acceptors (Lipinski definition) is 3. The molecule has 0 unspecified atom stereocenters. The van der Waals surface area contributed by atoms with E-state index in [1.54, 1.807) is 0 Å². The molecule has 5 nitrogen and oxygen atoms in total. The number of carbonyl (C=O) groups excluding carboxylic acids is 2. The standard InChI is InChI=1S/C9H9ClN2O3/c10-6-3-5(1-2-7(6)13)9(15)12-4-8(11)14/h1-3,13H,4H2,(H2,11,14)(H,12,15). The van der Waals surface area contributed by atoms with Crippen LogP contribution in [0.15, 0.2) is 18.2 Å². The summed E-state index contributed by atoms with van der Waals surface area (Å²) in [5, 5.41) is 11.5. The molecule has 0 saturated carbocycles. The molecule has 0 fully saturated rings. The fourth-order valence-corrected chi connectivity index (χ4v) is 1.10. The van der Waals surface area contributed by atoms with E-state index in [1.807, 2.05) is 0 Å². The van der Waals surface area contributed by atoms with Crippen molar-refractivity contribution in [1.82, 2.24) is 5.32 Å². The average Bonchev–Trinajstić information content (AvgIpc) is 2.18. The Kier molecular flexibility index (Phi) is 3.51. The number of nitrogens with two attached hydrogens (primary N) is 1. The van der Waals surface area contributed by atoms with E-state index in [0.29, 0.717) is 0 Å². The van der Waals surface area contributed by atoms with Crippen LogP contribution < -0.4 is 11.1 Å². The molecule has 0 saturated heterocycles. The lowest BCUT2D eigenvalue weighted by Crippen LogP contribution is -2.33. The largest absolute Gasteiger partial charge is 0.506 e. The highest BCUT2D eigenvalue weighted by Gasteiger charge is 2.08. The minimum Gasteiger partial charge on any atom is -0.506 e. The summed E-state index contributed by atoms with van der Waals surface area (Å²) < 4.78 is 0. The minimum absolute atomic E-state index is 0.0710. The maximum atomic E-state index is 11.4. The molecule has 0 aliphatic rings. The Morgan fingerprint density at radius 1 is 1.47 bits per heavy atom. The van der Waals surface area contributed by atoms with Crippen LogP contribution in [0, 0.1) is 0 Å². The van der Waals surface area contributed by atoms with Gasteiger partial charge in [0.15, 0.2) is 0 Å². The van der Waals surface area contributed by atoms with Gasteiger partial charge in [0, 0.05) is 5.56 Å². The van der Waals surface area contributed by atoms with Gasteiger partial charge in [-0.3, -0.25) is 9.59 Å². The summed E-state index contributed by atoms with van der Waals surface area (Å²) in [5.41, 5.74) is 5.10. The molecule has 0 aliphatic heterocycles. The number of nitrogens with one attached hydrogen (secondary N) is 1. The zero-order chi connectivity index (χ0) is 11.4. The molecular formula is C9H9ClN2O3. The van der Waals surface area contributed by atoms with E-state index in [0.717, 1.165) is 0 Å². The van der Waals surface area contributed by atoms with E-state index in [-0.39, 0.29) is 22.9 Å². The van der Waals surface area contributed by atoms with E-state index >= 15 is 0 Å². The first-order valence-electron chi connectivity index (χ1n) is 4.05. The number of rotatable bonds is 3. The third-order valence-corrected chi connectivity index (χ3v) is 1.94. The number of hydrogen-bond donors (Lipinski definition) is 3. The van der Waals surface area contributed by atoms with Gasteiger partial charge < -0.3 is 16.2 Å². The van der Waals surface area contributed by atoms with Crippen LogP contribution >= 0.6 is 11.6 Å². The van der Waals surface area contributed by atoms with Gasteiger partial charge in [0.2, 0.25) is 5.91 Å². The molecular weight excluding hydrogens is 220 g/mol. The molecule has 1 aromatic rings. The maximum Gasteiger partial charge on any atom is 0.251 e. The van der Waals surface area contributed by atoms with Crippen LogP contribution in [0.2, 0.25) is 5.02 Å². The molecule has 0 aromatic heterocycles. The molecule has 15 heavy (non-hydrogen) atoms. The number of aromatic hydroxyl groups is 1. The van der Waals surface area contributed by atoms with Crippen molar-refractivity contribution in [1.29, 1.82) is 0 Å². The molecule has 6 heteroatoms. The Labute approximate surface area is 90.8 Å². The monoisotopic (exact) mass is 228 g/mol. The van der Waals surface area contributed by atoms with Crippen molar-refractivity contribution in [2.24, 2.45) is 5.73 Å². The van der Waals surface area contributed by atoms with Gasteiger partial charge >= 0.3 is 0 Å². The second-order valence-electron chi connectivity index (χ2n) is 2.82. The summed E-state index contributed by atoms with van der Waals surface area (Å²) in [6.07, 6.45) is 0. The number of benzene rings is 1. The number of phenolic OH excluding ortho intramolecular Hbond substituents is 1. The molecule has 0 spiro atoms. The first kappa shape index (κ1) is 11.3. The number of carbonyl (C=O) groups is 2. The van der Waals surface area contributed by atoms with Gasteiger partial charge in [-0.05, 0) is 18.2 Å². The average molecular weight is 229 g/mol. The van der Waals surface area contributed by atoms with Crippen LogP contribution in [0.25, 0.3) is 0 Å². The smallest absolute Gasteiger partial charge is 0.251 e. The first-order valence-corrected chi connectivity index (χ1v) is 4.43. The molecule has 1 rings (SSSR count). The lowest BCUT2D eigenvalue weighted by molar-refractivity contribution is -0.117. The lowest BCUT2D eigenvalue weighted by atomic mass is 10.2. The fourth-order valence-electron chi connectivity index (χ4n) is 0.918. The third-order valence-electron chi connectivity index (χ3n) is 1.63. The van der Waals surface area contributed by atoms with Crippen molar-refractivity contribution in [2.45, 2.75) is 0 Å². The van der Waals surface area contributed by atoms with Crippen molar-refractivity contribution >= 4 is 23.4 Å². The zero-order valence-electron chi connectivity index (χ0n) is 7.66. The van der Waals surface area contributed by atoms with Crippen molar-refractivity contribution in [3.05, 3.63) is 28.8 Å². The summed E-state index contributed by atoms with van der Waals surface area (Å²) in [7, 11) is 0. The van der Waals surface area contributed by atoms with Crippen LogP contribution in [-0.2, 0) is 4.79 Å². The lowest BCUT2D eigenvalue weighted by Gasteiger charge is -2.03. The van der Waals surface area contributed by atoms with Crippen LogP contribution in [-0.4, -0.2) is 23.5 Å². The molecule has 0 heterocycles. The topological polar surface area (TPSA) is 92.4 Å². The highest BCUT2D eigenvalue weighted by molar-refractivity contribution is 6.32. The summed E-state index contributed by atoms with van der Waals surface area (Å²) in [4.78, 5) is 21.8. The van der Waals surface area contributed by atoms with Gasteiger partial charge in [0.1, 0.15) is 5.75 Å². The molecule has 2 amide bonds. The van der Waals surface area contributed by atoms with Crippen LogP contribution in [0.1, 0.15) is 10.4 Å². The van der Waals surface area contributed by atoms with Gasteiger partial charge in [-0.2, -0.15) is 0 Å². The third kappa shape index (κ3) is 3.14. The molecule has 4 N–H and O–H groups in total. The van der Waals surface area contributed by atoms with Crippen LogP contribution in [0.4, 0.5) is 0 Å². The summed E-state index contributed by atoms with van der Waals surface area (Å²) in [5.74, 6) is -1.22. The van der Waals surface area contributed by atoms with E-state index in [2.05, 4.69) is 5.32 Å². The molecule has 0 radical (unpaired) electrons. The van der Waals surface area contributed by atoms with E-state index in [1.165, 1.54) is 18.2 Å². The van der Waals surface area contributed by atoms with Crippen molar-refractivity contribution < 1.29 is 14.7 Å². The molecule has 0 aliphatic carbocycles. The summed E-state index contributed by atoms with van der Waals surface area (Å²) in [6, 6.07) is 3.98. The Morgan fingerprint density at radius 2 is 2.13 bits per heavy atom. The maximum absolute atomic E-state index is 11.4. The molecule has 0 bridgehead atoms. The number of halogens is 1. The summed E-state index contributed by atoms with van der Waals surface area (Å²) in [6.45, 7) is -0.239. The normalized spacial score (nSPS) is 9.67. The second-order valence-corrected chi connectivity index (χ2v) is 3.22. The van der Waals surface area contributed by atoms with E-state index < -0.39 is 11.8 Å². The number of phenols is 1. The molecule has 80 valence electrons. The summed E-state index contributed by atoms with van der Waals surface area (Å²) >= 11 is 5.60. The quantitative estimate of drug-likeness (QED) is 0.693. The van der Waals surface area contributed by atoms with Gasteiger partial charge in [-0.25, -0.2) is 0 Å². The fraction of sp³-hybridized carbons (Fsp3) is 0.111. The van der Waals surface area contributed by atoms with Gasteiger partial charge in [-0.1, -0.05) is 11.6 Å². The second kappa shape index (κ2) is 4.65. The number of amides is 2. The van der Waals surface area contributed by atoms with Crippen molar-refractivity contribution in [2.75, 3.05) is 6.54 Å². The number of primary amides is 1. The van der Waals surface area contributed by atoms with Crippen LogP contribution in [0.5, 0.6) is 5.75 Å². The molecule has 0 atom stereocenters. The zero-order valence-corrected chi connectivity index (χ0v) is 8.41. The first-order chi connectivity index (χ1) is 7.00.